The van der Waals surface area contributed by atoms with E-state index in [4.69, 9.17) is 9.84 Å². The predicted octanol–water partition coefficient (Wildman–Crippen LogP) is 4.03. The standard InChI is InChI=1S/C10H22O.C4H6O2/c1-3-5-7-9-11-10-8-6-4-2;1-3(2)4(5)6/h3-10H2,1-2H3;1H2,2H3,(H,5,6). The molecule has 0 unspecified atom stereocenters. The molecule has 3 heteroatoms. The molecule has 0 aliphatic carbocycles. The second kappa shape index (κ2) is 15.2. The maximum absolute atomic E-state index is 9.60. The first-order valence-electron chi connectivity index (χ1n) is 6.52. The summed E-state index contributed by atoms with van der Waals surface area (Å²) in [5, 5.41) is 7.89. The van der Waals surface area contributed by atoms with Crippen molar-refractivity contribution in [1.82, 2.24) is 0 Å². The van der Waals surface area contributed by atoms with Crippen LogP contribution in [0, 0.1) is 0 Å². The molecule has 0 aromatic carbocycles. The molecule has 0 spiro atoms. The van der Waals surface area contributed by atoms with Gasteiger partial charge in [0.2, 0.25) is 0 Å². The Hall–Kier alpha value is -0.830. The van der Waals surface area contributed by atoms with E-state index in [0.29, 0.717) is 0 Å². The lowest BCUT2D eigenvalue weighted by molar-refractivity contribution is -0.132. The lowest BCUT2D eigenvalue weighted by Gasteiger charge is -2.01. The molecule has 0 aliphatic rings. The van der Waals surface area contributed by atoms with Crippen molar-refractivity contribution >= 4 is 5.97 Å². The van der Waals surface area contributed by atoms with Gasteiger partial charge in [0.25, 0.3) is 0 Å². The molecule has 0 aromatic rings. The van der Waals surface area contributed by atoms with Gasteiger partial charge in [0, 0.05) is 18.8 Å². The minimum atomic E-state index is -0.935. The minimum absolute atomic E-state index is 0.176. The molecule has 0 aromatic heterocycles. The number of carboxylic acids is 1. The van der Waals surface area contributed by atoms with Crippen molar-refractivity contribution < 1.29 is 14.6 Å². The van der Waals surface area contributed by atoms with E-state index < -0.39 is 5.97 Å². The summed E-state index contributed by atoms with van der Waals surface area (Å²) in [6.45, 7) is 11.0. The van der Waals surface area contributed by atoms with Crippen LogP contribution in [0.15, 0.2) is 12.2 Å². The van der Waals surface area contributed by atoms with Gasteiger partial charge in [0.15, 0.2) is 0 Å². The van der Waals surface area contributed by atoms with Crippen LogP contribution < -0.4 is 0 Å². The van der Waals surface area contributed by atoms with Gasteiger partial charge < -0.3 is 9.84 Å². The number of hydrogen-bond acceptors (Lipinski definition) is 2. The smallest absolute Gasteiger partial charge is 0.330 e. The van der Waals surface area contributed by atoms with Crippen molar-refractivity contribution in [2.75, 3.05) is 13.2 Å². The number of unbranched alkanes of at least 4 members (excludes halogenated alkanes) is 4. The predicted molar refractivity (Wildman–Crippen MR) is 72.3 cm³/mol. The molecule has 0 aliphatic heterocycles. The summed E-state index contributed by atoms with van der Waals surface area (Å²) in [5.74, 6) is -0.935. The monoisotopic (exact) mass is 244 g/mol. The van der Waals surface area contributed by atoms with Crippen molar-refractivity contribution in [2.24, 2.45) is 0 Å². The average molecular weight is 244 g/mol. The van der Waals surface area contributed by atoms with Crippen molar-refractivity contribution in [3.05, 3.63) is 12.2 Å². The van der Waals surface area contributed by atoms with E-state index in [2.05, 4.69) is 20.4 Å². The zero-order chi connectivity index (χ0) is 13.5. The van der Waals surface area contributed by atoms with E-state index in [1.807, 2.05) is 0 Å². The summed E-state index contributed by atoms with van der Waals surface area (Å²) < 4.78 is 5.44. The molecule has 0 heterocycles. The topological polar surface area (TPSA) is 46.5 Å². The molecular formula is C14H28O3. The summed E-state index contributed by atoms with van der Waals surface area (Å²) in [5.41, 5.74) is 0.176. The van der Waals surface area contributed by atoms with Crippen LogP contribution in [-0.2, 0) is 9.53 Å². The fraction of sp³-hybridized carbons (Fsp3) is 0.786. The van der Waals surface area contributed by atoms with Crippen LogP contribution in [0.5, 0.6) is 0 Å². The van der Waals surface area contributed by atoms with Crippen molar-refractivity contribution in [3.63, 3.8) is 0 Å². The zero-order valence-electron chi connectivity index (χ0n) is 11.6. The third-order valence-corrected chi connectivity index (χ3v) is 2.15. The molecule has 0 bridgehead atoms. The van der Waals surface area contributed by atoms with Crippen LogP contribution in [0.1, 0.15) is 59.3 Å². The lowest BCUT2D eigenvalue weighted by atomic mass is 10.2. The molecule has 1 N–H and O–H groups in total. The van der Waals surface area contributed by atoms with Crippen LogP contribution in [0.4, 0.5) is 0 Å². The Morgan fingerprint density at radius 1 is 1.06 bits per heavy atom. The zero-order valence-corrected chi connectivity index (χ0v) is 11.6. The van der Waals surface area contributed by atoms with E-state index in [1.165, 1.54) is 45.4 Å². The summed E-state index contributed by atoms with van der Waals surface area (Å²) in [7, 11) is 0. The quantitative estimate of drug-likeness (QED) is 0.492. The first-order chi connectivity index (χ1) is 8.06. The van der Waals surface area contributed by atoms with Gasteiger partial charge in [-0.15, -0.1) is 0 Å². The SMILES string of the molecule is C=C(C)C(=O)O.CCCCCOCCCCC. The van der Waals surface area contributed by atoms with Crippen LogP contribution in [0.25, 0.3) is 0 Å². The van der Waals surface area contributed by atoms with Gasteiger partial charge in [0.1, 0.15) is 0 Å². The summed E-state index contributed by atoms with van der Waals surface area (Å²) in [4.78, 5) is 9.60. The highest BCUT2D eigenvalue weighted by molar-refractivity contribution is 5.84. The molecule has 3 nitrogen and oxygen atoms in total. The molecule has 0 radical (unpaired) electrons. The van der Waals surface area contributed by atoms with E-state index >= 15 is 0 Å². The summed E-state index contributed by atoms with van der Waals surface area (Å²) >= 11 is 0. The number of aliphatic carboxylic acids is 1. The Bertz CT molecular complexity index is 168. The molecule has 17 heavy (non-hydrogen) atoms. The molecule has 0 amide bonds. The van der Waals surface area contributed by atoms with Crippen LogP contribution in [0.3, 0.4) is 0 Å². The molecule has 0 fully saturated rings. The molecular weight excluding hydrogens is 216 g/mol. The fourth-order valence-corrected chi connectivity index (χ4v) is 1.01. The Morgan fingerprint density at radius 3 is 1.65 bits per heavy atom. The van der Waals surface area contributed by atoms with Crippen molar-refractivity contribution in [2.45, 2.75) is 59.3 Å². The van der Waals surface area contributed by atoms with Crippen LogP contribution in [-0.4, -0.2) is 24.3 Å². The number of rotatable bonds is 9. The molecule has 0 rings (SSSR count). The van der Waals surface area contributed by atoms with E-state index in [9.17, 15) is 4.79 Å². The first kappa shape index (κ1) is 18.5. The normalized spacial score (nSPS) is 9.35. The van der Waals surface area contributed by atoms with E-state index in [1.54, 1.807) is 0 Å². The summed E-state index contributed by atoms with van der Waals surface area (Å²) in [6.07, 6.45) is 7.68. The lowest BCUT2D eigenvalue weighted by Crippen LogP contribution is -1.96. The average Bonchev–Trinajstić information content (AvgIpc) is 2.29. The number of carboxylic acid groups (broad SMARTS) is 1. The Morgan fingerprint density at radius 2 is 1.41 bits per heavy atom. The van der Waals surface area contributed by atoms with Crippen LogP contribution in [0.2, 0.25) is 0 Å². The number of ether oxygens (including phenoxy) is 1. The van der Waals surface area contributed by atoms with E-state index in [-0.39, 0.29) is 5.57 Å². The molecule has 0 saturated heterocycles. The Kier molecular flexibility index (Phi) is 16.5. The van der Waals surface area contributed by atoms with Gasteiger partial charge in [-0.1, -0.05) is 46.1 Å². The van der Waals surface area contributed by atoms with Gasteiger partial charge >= 0.3 is 5.97 Å². The number of carbonyl (C=O) groups is 1. The molecule has 102 valence electrons. The highest BCUT2D eigenvalue weighted by Gasteiger charge is 1.90. The fourth-order valence-electron chi connectivity index (χ4n) is 1.01. The molecule has 0 saturated carbocycles. The van der Waals surface area contributed by atoms with Crippen molar-refractivity contribution in [1.29, 1.82) is 0 Å². The third-order valence-electron chi connectivity index (χ3n) is 2.15. The summed E-state index contributed by atoms with van der Waals surface area (Å²) in [6, 6.07) is 0. The first-order valence-corrected chi connectivity index (χ1v) is 6.52. The second-order valence-corrected chi connectivity index (χ2v) is 4.11. The van der Waals surface area contributed by atoms with Gasteiger partial charge in [-0.05, 0) is 19.8 Å². The van der Waals surface area contributed by atoms with Gasteiger partial charge in [-0.3, -0.25) is 0 Å². The van der Waals surface area contributed by atoms with Gasteiger partial charge in [-0.25, -0.2) is 4.79 Å². The Labute approximate surface area is 106 Å². The second-order valence-electron chi connectivity index (χ2n) is 4.11. The highest BCUT2D eigenvalue weighted by Crippen LogP contribution is 1.97. The minimum Gasteiger partial charge on any atom is -0.478 e. The maximum atomic E-state index is 9.60. The third kappa shape index (κ3) is 21.1. The van der Waals surface area contributed by atoms with Crippen molar-refractivity contribution in [3.8, 4) is 0 Å². The molecule has 0 atom stereocenters. The van der Waals surface area contributed by atoms with E-state index in [0.717, 1.165) is 13.2 Å². The maximum Gasteiger partial charge on any atom is 0.330 e. The Balaban J connectivity index is 0. The number of hydrogen-bond donors (Lipinski definition) is 1. The highest BCUT2D eigenvalue weighted by atomic mass is 16.5. The van der Waals surface area contributed by atoms with Gasteiger partial charge in [-0.2, -0.15) is 0 Å². The largest absolute Gasteiger partial charge is 0.478 e. The van der Waals surface area contributed by atoms with Gasteiger partial charge in [0.05, 0.1) is 0 Å². The van der Waals surface area contributed by atoms with Crippen LogP contribution >= 0.6 is 0 Å².